The third-order valence-corrected chi connectivity index (χ3v) is 14.1. The molecule has 0 spiro atoms. The van der Waals surface area contributed by atoms with E-state index in [2.05, 4.69) is 57.2 Å². The van der Waals surface area contributed by atoms with Crippen molar-refractivity contribution in [2.45, 2.75) is 348 Å². The van der Waals surface area contributed by atoms with Crippen LogP contribution in [-0.2, 0) is 28.6 Å². The molecule has 416 valence electrons. The summed E-state index contributed by atoms with van der Waals surface area (Å²) in [7, 11) is 0. The topological polar surface area (TPSA) is 78.9 Å². The van der Waals surface area contributed by atoms with Gasteiger partial charge in [-0.1, -0.05) is 288 Å². The molecule has 0 rings (SSSR count). The highest BCUT2D eigenvalue weighted by Crippen LogP contribution is 2.17. The Morgan fingerprint density at radius 1 is 0.282 bits per heavy atom. The molecule has 1 unspecified atom stereocenters. The molecule has 0 aromatic heterocycles. The van der Waals surface area contributed by atoms with Crippen LogP contribution in [0.1, 0.15) is 342 Å². The molecule has 0 fully saturated rings. The SMILES string of the molecule is CCCC/C=C\C/C=C\CCCCCCCC(=O)OCC(COC(=O)CCCCCCCCCCCCCCCCCCCCCCCC)OC(=O)CCCCCCCCC/C=C\CCCCCCCC. The summed E-state index contributed by atoms with van der Waals surface area (Å²) in [6.07, 6.45) is 72.9. The molecule has 0 saturated heterocycles. The van der Waals surface area contributed by atoms with Gasteiger partial charge in [-0.3, -0.25) is 14.4 Å². The van der Waals surface area contributed by atoms with E-state index in [1.165, 1.54) is 225 Å². The summed E-state index contributed by atoms with van der Waals surface area (Å²) in [6.45, 7) is 6.64. The fourth-order valence-corrected chi connectivity index (χ4v) is 9.34. The molecule has 6 heteroatoms. The number of rotatable bonds is 58. The first-order chi connectivity index (χ1) is 35.0. The fraction of sp³-hybridized carbons (Fsp3) is 0.862. The average molecular weight is 998 g/mol. The molecule has 0 aromatic carbocycles. The van der Waals surface area contributed by atoms with Crippen LogP contribution >= 0.6 is 0 Å². The lowest BCUT2D eigenvalue weighted by molar-refractivity contribution is -0.167. The van der Waals surface area contributed by atoms with Gasteiger partial charge in [0.05, 0.1) is 0 Å². The highest BCUT2D eigenvalue weighted by molar-refractivity contribution is 5.71. The fourth-order valence-electron chi connectivity index (χ4n) is 9.34. The van der Waals surface area contributed by atoms with E-state index in [0.717, 1.165) is 77.0 Å². The van der Waals surface area contributed by atoms with Crippen LogP contribution < -0.4 is 0 Å². The lowest BCUT2D eigenvalue weighted by Crippen LogP contribution is -2.30. The summed E-state index contributed by atoms with van der Waals surface area (Å²) in [5, 5.41) is 0. The Morgan fingerprint density at radius 3 is 0.831 bits per heavy atom. The molecule has 71 heavy (non-hydrogen) atoms. The van der Waals surface area contributed by atoms with Crippen LogP contribution in [0.4, 0.5) is 0 Å². The zero-order valence-electron chi connectivity index (χ0n) is 47.8. The van der Waals surface area contributed by atoms with Gasteiger partial charge in [0.15, 0.2) is 6.10 Å². The second kappa shape index (κ2) is 60.2. The number of ether oxygens (including phenoxy) is 3. The summed E-state index contributed by atoms with van der Waals surface area (Å²) in [5.74, 6) is -0.872. The standard InChI is InChI=1S/C65H120O6/c1-4-7-10-13-16-19-22-25-28-30-31-32-33-34-36-37-40-43-46-49-52-55-58-64(67)70-61-62(60-69-63(66)57-54-51-48-45-42-39-27-24-21-18-15-12-9-6-3)71-65(68)59-56-53-50-47-44-41-38-35-29-26-23-20-17-14-11-8-5-2/h15,18,24,26-27,29,62H,4-14,16-17,19-23,25,28,30-61H2,1-3H3/b18-15-,27-24-,29-26-. The second-order valence-corrected chi connectivity index (χ2v) is 21.3. The van der Waals surface area contributed by atoms with Gasteiger partial charge in [-0.2, -0.15) is 0 Å². The van der Waals surface area contributed by atoms with Gasteiger partial charge in [0.2, 0.25) is 0 Å². The molecule has 0 heterocycles. The minimum absolute atomic E-state index is 0.0744. The Balaban J connectivity index is 4.29. The zero-order valence-corrected chi connectivity index (χ0v) is 47.8. The largest absolute Gasteiger partial charge is 0.462 e. The number of carbonyl (C=O) groups is 3. The minimum atomic E-state index is -0.778. The summed E-state index contributed by atoms with van der Waals surface area (Å²) in [4.78, 5) is 38.3. The predicted molar refractivity (Wildman–Crippen MR) is 307 cm³/mol. The van der Waals surface area contributed by atoms with Crippen LogP contribution in [0.25, 0.3) is 0 Å². The van der Waals surface area contributed by atoms with Crippen molar-refractivity contribution < 1.29 is 28.6 Å². The van der Waals surface area contributed by atoms with Gasteiger partial charge in [0.1, 0.15) is 13.2 Å². The van der Waals surface area contributed by atoms with Crippen LogP contribution in [-0.4, -0.2) is 37.2 Å². The predicted octanol–water partition coefficient (Wildman–Crippen LogP) is 21.2. The Morgan fingerprint density at radius 2 is 0.521 bits per heavy atom. The van der Waals surface area contributed by atoms with E-state index in [1.54, 1.807) is 0 Å². The number of allylic oxidation sites excluding steroid dienone is 6. The van der Waals surface area contributed by atoms with Crippen molar-refractivity contribution in [1.29, 1.82) is 0 Å². The Bertz CT molecular complexity index is 1190. The monoisotopic (exact) mass is 997 g/mol. The maximum absolute atomic E-state index is 12.9. The highest BCUT2D eigenvalue weighted by atomic mass is 16.6. The Labute approximate surface area is 442 Å². The first kappa shape index (κ1) is 68.6. The van der Waals surface area contributed by atoms with E-state index in [9.17, 15) is 14.4 Å². The third-order valence-electron chi connectivity index (χ3n) is 14.1. The number of esters is 3. The summed E-state index contributed by atoms with van der Waals surface area (Å²) < 4.78 is 16.9. The van der Waals surface area contributed by atoms with Crippen LogP contribution in [0.15, 0.2) is 36.5 Å². The van der Waals surface area contributed by atoms with Gasteiger partial charge in [-0.15, -0.1) is 0 Å². The van der Waals surface area contributed by atoms with Crippen molar-refractivity contribution in [3.63, 3.8) is 0 Å². The van der Waals surface area contributed by atoms with Crippen LogP contribution in [0.5, 0.6) is 0 Å². The molecule has 1 atom stereocenters. The molecule has 0 bridgehead atoms. The Kier molecular flexibility index (Phi) is 58.2. The van der Waals surface area contributed by atoms with E-state index < -0.39 is 6.10 Å². The molecule has 0 saturated carbocycles. The highest BCUT2D eigenvalue weighted by Gasteiger charge is 2.19. The average Bonchev–Trinajstić information content (AvgIpc) is 3.37. The van der Waals surface area contributed by atoms with Crippen molar-refractivity contribution in [1.82, 2.24) is 0 Å². The number of hydrogen-bond acceptors (Lipinski definition) is 6. The zero-order chi connectivity index (χ0) is 51.4. The molecule has 0 N–H and O–H groups in total. The van der Waals surface area contributed by atoms with Gasteiger partial charge < -0.3 is 14.2 Å². The van der Waals surface area contributed by atoms with Gasteiger partial charge in [-0.05, 0) is 70.6 Å². The lowest BCUT2D eigenvalue weighted by atomic mass is 10.0. The van der Waals surface area contributed by atoms with Crippen molar-refractivity contribution in [2.75, 3.05) is 13.2 Å². The first-order valence-corrected chi connectivity index (χ1v) is 31.5. The molecule has 0 radical (unpaired) electrons. The molecule has 0 aliphatic rings. The molecule has 0 amide bonds. The van der Waals surface area contributed by atoms with E-state index in [4.69, 9.17) is 14.2 Å². The van der Waals surface area contributed by atoms with Crippen LogP contribution in [0, 0.1) is 0 Å². The molecular formula is C65H120O6. The van der Waals surface area contributed by atoms with E-state index in [0.29, 0.717) is 19.3 Å². The van der Waals surface area contributed by atoms with Crippen molar-refractivity contribution >= 4 is 17.9 Å². The van der Waals surface area contributed by atoms with Gasteiger partial charge in [-0.25, -0.2) is 0 Å². The maximum Gasteiger partial charge on any atom is 0.306 e. The number of hydrogen-bond donors (Lipinski definition) is 0. The van der Waals surface area contributed by atoms with Gasteiger partial charge in [0.25, 0.3) is 0 Å². The van der Waals surface area contributed by atoms with Crippen LogP contribution in [0.3, 0.4) is 0 Å². The molecule has 6 nitrogen and oxygen atoms in total. The summed E-state index contributed by atoms with van der Waals surface area (Å²) >= 11 is 0. The first-order valence-electron chi connectivity index (χ1n) is 31.5. The molecule has 0 aromatic rings. The van der Waals surface area contributed by atoms with E-state index in [1.807, 2.05) is 0 Å². The lowest BCUT2D eigenvalue weighted by Gasteiger charge is -2.18. The second-order valence-electron chi connectivity index (χ2n) is 21.3. The molecule has 0 aliphatic heterocycles. The molecule has 0 aliphatic carbocycles. The minimum Gasteiger partial charge on any atom is -0.462 e. The van der Waals surface area contributed by atoms with Crippen molar-refractivity contribution in [3.05, 3.63) is 36.5 Å². The quantitative estimate of drug-likeness (QED) is 0.0261. The smallest absolute Gasteiger partial charge is 0.306 e. The molecular weight excluding hydrogens is 877 g/mol. The number of unbranched alkanes of at least 4 members (excludes halogenated alkanes) is 41. The third kappa shape index (κ3) is 58.4. The van der Waals surface area contributed by atoms with E-state index >= 15 is 0 Å². The Hall–Kier alpha value is -2.37. The maximum atomic E-state index is 12.9. The summed E-state index contributed by atoms with van der Waals surface area (Å²) in [6, 6.07) is 0. The van der Waals surface area contributed by atoms with E-state index in [-0.39, 0.29) is 31.1 Å². The van der Waals surface area contributed by atoms with Crippen molar-refractivity contribution in [2.24, 2.45) is 0 Å². The number of carbonyl (C=O) groups excluding carboxylic acids is 3. The normalized spacial score (nSPS) is 12.2. The van der Waals surface area contributed by atoms with Crippen LogP contribution in [0.2, 0.25) is 0 Å². The van der Waals surface area contributed by atoms with Gasteiger partial charge in [0, 0.05) is 19.3 Å². The summed E-state index contributed by atoms with van der Waals surface area (Å²) in [5.41, 5.74) is 0. The van der Waals surface area contributed by atoms with Crippen molar-refractivity contribution in [3.8, 4) is 0 Å². The van der Waals surface area contributed by atoms with Gasteiger partial charge >= 0.3 is 17.9 Å².